The smallest absolute Gasteiger partial charge is 0.113 e. The van der Waals surface area contributed by atoms with Crippen molar-refractivity contribution in [1.29, 1.82) is 0 Å². The summed E-state index contributed by atoms with van der Waals surface area (Å²) in [5.74, 6) is 0.695. The number of nitrogens with zero attached hydrogens (tertiary/aromatic N) is 1. The Balaban J connectivity index is 1.99. The Bertz CT molecular complexity index is 416. The van der Waals surface area contributed by atoms with Gasteiger partial charge in [-0.05, 0) is 37.0 Å². The second-order valence-corrected chi connectivity index (χ2v) is 8.29. The summed E-state index contributed by atoms with van der Waals surface area (Å²) in [6.45, 7) is 7.21. The Morgan fingerprint density at radius 1 is 1.26 bits per heavy atom. The number of nitrogens with one attached hydrogen (secondary N) is 1. The maximum absolute atomic E-state index is 4.71. The molecule has 0 saturated heterocycles. The summed E-state index contributed by atoms with van der Waals surface area (Å²) in [4.78, 5) is 4.71. The molecule has 2 saturated carbocycles. The van der Waals surface area contributed by atoms with Crippen molar-refractivity contribution < 1.29 is 0 Å². The molecule has 2 aliphatic carbocycles. The molecule has 19 heavy (non-hydrogen) atoms. The fraction of sp³-hybridized carbons (Fsp3) is 0.812. The van der Waals surface area contributed by atoms with Crippen LogP contribution in [0.15, 0.2) is 11.6 Å². The van der Waals surface area contributed by atoms with Crippen molar-refractivity contribution in [3.05, 3.63) is 16.6 Å². The Kier molecular flexibility index (Phi) is 3.46. The predicted molar refractivity (Wildman–Crippen MR) is 81.4 cm³/mol. The van der Waals surface area contributed by atoms with E-state index in [9.17, 15) is 0 Å². The van der Waals surface area contributed by atoms with Gasteiger partial charge in [-0.15, -0.1) is 11.3 Å². The van der Waals surface area contributed by atoms with E-state index in [2.05, 4.69) is 31.5 Å². The zero-order valence-electron chi connectivity index (χ0n) is 12.4. The third-order valence-corrected chi connectivity index (χ3v) is 5.76. The van der Waals surface area contributed by atoms with Gasteiger partial charge in [0.25, 0.3) is 0 Å². The minimum Gasteiger partial charge on any atom is -0.302 e. The molecule has 3 heteroatoms. The molecule has 106 valence electrons. The first-order chi connectivity index (χ1) is 9.02. The minimum absolute atomic E-state index is 0.145. The van der Waals surface area contributed by atoms with Gasteiger partial charge in [-0.2, -0.15) is 0 Å². The van der Waals surface area contributed by atoms with Crippen LogP contribution < -0.4 is 5.32 Å². The van der Waals surface area contributed by atoms with Gasteiger partial charge in [-0.3, -0.25) is 0 Å². The number of hydrogen-bond acceptors (Lipinski definition) is 3. The van der Waals surface area contributed by atoms with E-state index in [-0.39, 0.29) is 5.54 Å². The van der Waals surface area contributed by atoms with Crippen LogP contribution in [0.3, 0.4) is 0 Å². The van der Waals surface area contributed by atoms with E-state index in [1.54, 1.807) is 0 Å². The molecule has 2 unspecified atom stereocenters. The summed E-state index contributed by atoms with van der Waals surface area (Å²) < 4.78 is 0. The maximum atomic E-state index is 4.71. The highest BCUT2D eigenvalue weighted by Gasteiger charge is 2.50. The average molecular weight is 278 g/mol. The lowest BCUT2D eigenvalue weighted by molar-refractivity contribution is 0.0460. The van der Waals surface area contributed by atoms with Gasteiger partial charge >= 0.3 is 0 Å². The molecule has 2 nitrogen and oxygen atoms in total. The molecule has 1 N–H and O–H groups in total. The van der Waals surface area contributed by atoms with Gasteiger partial charge in [0.1, 0.15) is 5.01 Å². The van der Waals surface area contributed by atoms with Gasteiger partial charge in [0.05, 0.1) is 5.54 Å². The van der Waals surface area contributed by atoms with Gasteiger partial charge in [-0.25, -0.2) is 4.98 Å². The summed E-state index contributed by atoms with van der Waals surface area (Å²) in [5, 5.41) is 7.48. The van der Waals surface area contributed by atoms with Gasteiger partial charge in [0.2, 0.25) is 0 Å². The first-order valence-corrected chi connectivity index (χ1v) is 8.58. The van der Waals surface area contributed by atoms with Crippen LogP contribution in [-0.2, 0) is 5.54 Å². The van der Waals surface area contributed by atoms with E-state index in [0.29, 0.717) is 11.3 Å². The summed E-state index contributed by atoms with van der Waals surface area (Å²) in [7, 11) is 0. The number of rotatable bonds is 3. The van der Waals surface area contributed by atoms with Crippen LogP contribution in [0, 0.1) is 11.3 Å². The summed E-state index contributed by atoms with van der Waals surface area (Å²) in [6.07, 6.45) is 9.99. The molecule has 0 aliphatic heterocycles. The highest BCUT2D eigenvalue weighted by Crippen LogP contribution is 2.51. The first kappa shape index (κ1) is 13.6. The summed E-state index contributed by atoms with van der Waals surface area (Å²) >= 11 is 1.84. The third-order valence-electron chi connectivity index (χ3n) is 4.81. The molecule has 1 aromatic heterocycles. The fourth-order valence-electron chi connectivity index (χ4n) is 3.87. The molecule has 0 radical (unpaired) electrons. The van der Waals surface area contributed by atoms with E-state index < -0.39 is 0 Å². The van der Waals surface area contributed by atoms with Gasteiger partial charge in [0.15, 0.2) is 0 Å². The molecule has 1 heterocycles. The van der Waals surface area contributed by atoms with E-state index >= 15 is 0 Å². The van der Waals surface area contributed by atoms with E-state index in [4.69, 9.17) is 4.98 Å². The molecule has 0 amide bonds. The van der Waals surface area contributed by atoms with Crippen molar-refractivity contribution >= 4 is 11.3 Å². The van der Waals surface area contributed by atoms with Crippen LogP contribution >= 0.6 is 11.3 Å². The average Bonchev–Trinajstić information content (AvgIpc) is 2.98. The van der Waals surface area contributed by atoms with Crippen LogP contribution in [0.2, 0.25) is 0 Å². The number of hydrogen-bond donors (Lipinski definition) is 1. The quantitative estimate of drug-likeness (QED) is 0.890. The highest BCUT2D eigenvalue weighted by atomic mass is 32.1. The van der Waals surface area contributed by atoms with Crippen molar-refractivity contribution in [2.75, 3.05) is 0 Å². The van der Waals surface area contributed by atoms with Crippen molar-refractivity contribution in [2.24, 2.45) is 11.3 Å². The van der Waals surface area contributed by atoms with E-state index in [1.807, 2.05) is 17.5 Å². The van der Waals surface area contributed by atoms with Crippen LogP contribution in [0.1, 0.15) is 64.3 Å². The fourth-order valence-corrected chi connectivity index (χ4v) is 4.76. The van der Waals surface area contributed by atoms with Crippen LogP contribution in [0.4, 0.5) is 0 Å². The lowest BCUT2D eigenvalue weighted by atomic mass is 9.62. The standard InChI is InChI=1S/C16H26N2S/c1-15(2,3)13-6-4-5-9-16(13,18-12-7-8-12)14-17-10-11-19-14/h10-13,18H,4-9H2,1-3H3. The lowest BCUT2D eigenvalue weighted by Crippen LogP contribution is -2.55. The monoisotopic (exact) mass is 278 g/mol. The molecule has 2 atom stereocenters. The van der Waals surface area contributed by atoms with E-state index in [1.165, 1.54) is 43.5 Å². The van der Waals surface area contributed by atoms with Crippen LogP contribution in [0.25, 0.3) is 0 Å². The molecule has 3 rings (SSSR count). The molecule has 0 spiro atoms. The minimum atomic E-state index is 0.145. The van der Waals surface area contributed by atoms with Gasteiger partial charge < -0.3 is 5.32 Å². The normalized spacial score (nSPS) is 32.5. The summed E-state index contributed by atoms with van der Waals surface area (Å²) in [5.41, 5.74) is 0.486. The number of thiazole rings is 1. The summed E-state index contributed by atoms with van der Waals surface area (Å²) in [6, 6.07) is 0.742. The van der Waals surface area contributed by atoms with Crippen molar-refractivity contribution in [1.82, 2.24) is 10.3 Å². The van der Waals surface area contributed by atoms with Gasteiger partial charge in [-0.1, -0.05) is 33.6 Å². The molecule has 0 aromatic carbocycles. The topological polar surface area (TPSA) is 24.9 Å². The van der Waals surface area contributed by atoms with Gasteiger partial charge in [0, 0.05) is 17.6 Å². The zero-order chi connectivity index (χ0) is 13.5. The Morgan fingerprint density at radius 3 is 2.63 bits per heavy atom. The third kappa shape index (κ3) is 2.59. The van der Waals surface area contributed by atoms with E-state index in [0.717, 1.165) is 6.04 Å². The molecular formula is C16H26N2S. The molecule has 2 aliphatic rings. The largest absolute Gasteiger partial charge is 0.302 e. The Labute approximate surface area is 121 Å². The Morgan fingerprint density at radius 2 is 2.05 bits per heavy atom. The SMILES string of the molecule is CC(C)(C)C1CCCCC1(NC1CC1)c1nccs1. The second-order valence-electron chi connectivity index (χ2n) is 7.39. The predicted octanol–water partition coefficient (Wildman–Crippen LogP) is 4.33. The lowest BCUT2D eigenvalue weighted by Gasteiger charge is -2.50. The van der Waals surface area contributed by atoms with Crippen molar-refractivity contribution in [3.8, 4) is 0 Å². The second kappa shape index (κ2) is 4.85. The molecule has 0 bridgehead atoms. The molecule has 1 aromatic rings. The Hall–Kier alpha value is -0.410. The maximum Gasteiger partial charge on any atom is 0.113 e. The van der Waals surface area contributed by atoms with Crippen molar-refractivity contribution in [2.45, 2.75) is 70.9 Å². The zero-order valence-corrected chi connectivity index (χ0v) is 13.2. The molecular weight excluding hydrogens is 252 g/mol. The number of aromatic nitrogens is 1. The highest BCUT2D eigenvalue weighted by molar-refractivity contribution is 7.09. The molecule has 2 fully saturated rings. The van der Waals surface area contributed by atoms with Crippen LogP contribution in [-0.4, -0.2) is 11.0 Å². The van der Waals surface area contributed by atoms with Crippen LogP contribution in [0.5, 0.6) is 0 Å². The first-order valence-electron chi connectivity index (χ1n) is 7.70. The van der Waals surface area contributed by atoms with Crippen molar-refractivity contribution in [3.63, 3.8) is 0 Å².